The predicted molar refractivity (Wildman–Crippen MR) is 179 cm³/mol. The summed E-state index contributed by atoms with van der Waals surface area (Å²) < 4.78 is 0. The number of hydrogen-bond acceptors (Lipinski definition) is 2. The third kappa shape index (κ3) is 4.76. The molecular weight excluding hydrogens is 508 g/mol. The van der Waals surface area contributed by atoms with Gasteiger partial charge in [0.2, 0.25) is 0 Å². The molecule has 1 fully saturated rings. The third-order valence-electron chi connectivity index (χ3n) is 8.47. The van der Waals surface area contributed by atoms with Crippen LogP contribution in [-0.2, 0) is 0 Å². The van der Waals surface area contributed by atoms with E-state index in [-0.39, 0.29) is 6.17 Å². The second kappa shape index (κ2) is 11.4. The molecule has 7 rings (SSSR count). The van der Waals surface area contributed by atoms with Gasteiger partial charge in [0.05, 0.1) is 17.5 Å². The van der Waals surface area contributed by atoms with Gasteiger partial charge in [-0.2, -0.15) is 0 Å². The van der Waals surface area contributed by atoms with E-state index in [0.29, 0.717) is 0 Å². The van der Waals surface area contributed by atoms with Gasteiger partial charge in [0.15, 0.2) is 0 Å². The number of rotatable bonds is 6. The summed E-state index contributed by atoms with van der Waals surface area (Å²) in [5.41, 5.74) is 12.6. The summed E-state index contributed by atoms with van der Waals surface area (Å²) in [5.74, 6) is 0. The molecule has 2 nitrogen and oxygen atoms in total. The van der Waals surface area contributed by atoms with Crippen molar-refractivity contribution in [2.24, 2.45) is 0 Å². The Morgan fingerprint density at radius 3 is 0.881 bits per heavy atom. The van der Waals surface area contributed by atoms with Gasteiger partial charge in [0, 0.05) is 35.3 Å². The van der Waals surface area contributed by atoms with E-state index in [1.807, 2.05) is 0 Å². The Balaban J connectivity index is 1.40. The second-order valence-corrected chi connectivity index (χ2v) is 10.9. The molecule has 0 unspecified atom stereocenters. The van der Waals surface area contributed by atoms with Crippen molar-refractivity contribution in [3.8, 4) is 44.5 Å². The zero-order chi connectivity index (χ0) is 28.3. The molecule has 204 valence electrons. The molecule has 42 heavy (non-hydrogen) atoms. The molecule has 1 aliphatic heterocycles. The molecular formula is C40H34N2. The van der Waals surface area contributed by atoms with Gasteiger partial charge in [-0.15, -0.1) is 0 Å². The van der Waals surface area contributed by atoms with E-state index in [9.17, 15) is 0 Å². The standard InChI is InChI=1S/C40H34N2/c1-30-41(39-35(31-16-6-2-7-17-31)24-14-25-36(39)32-18-8-3-9-19-32)28-29-42(30)40-37(33-20-10-4-11-21-33)26-15-27-38(40)34-22-12-5-13-23-34/h2-27,30H,28-29H2,1H3. The highest BCUT2D eigenvalue weighted by Gasteiger charge is 2.34. The molecule has 2 heteroatoms. The van der Waals surface area contributed by atoms with E-state index >= 15 is 0 Å². The first kappa shape index (κ1) is 25.9. The minimum absolute atomic E-state index is 0.143. The van der Waals surface area contributed by atoms with Gasteiger partial charge in [-0.3, -0.25) is 0 Å². The fraction of sp³-hybridized carbons (Fsp3) is 0.100. The van der Waals surface area contributed by atoms with Crippen molar-refractivity contribution in [2.45, 2.75) is 13.1 Å². The zero-order valence-electron chi connectivity index (χ0n) is 23.9. The number of benzene rings is 6. The van der Waals surface area contributed by atoms with Crippen molar-refractivity contribution in [3.05, 3.63) is 158 Å². The van der Waals surface area contributed by atoms with Gasteiger partial charge >= 0.3 is 0 Å². The topological polar surface area (TPSA) is 6.48 Å². The van der Waals surface area contributed by atoms with Gasteiger partial charge in [-0.1, -0.05) is 158 Å². The first-order valence-electron chi connectivity index (χ1n) is 14.8. The Bertz CT molecular complexity index is 1530. The highest BCUT2D eigenvalue weighted by atomic mass is 15.4. The lowest BCUT2D eigenvalue weighted by atomic mass is 9.94. The SMILES string of the molecule is CC1N(c2c(-c3ccccc3)cccc2-c2ccccc2)CCN1c1c(-c2ccccc2)cccc1-c1ccccc1. The van der Waals surface area contributed by atoms with Crippen molar-refractivity contribution < 1.29 is 0 Å². The van der Waals surface area contributed by atoms with Crippen LogP contribution >= 0.6 is 0 Å². The maximum atomic E-state index is 2.61. The number of para-hydroxylation sites is 2. The van der Waals surface area contributed by atoms with Gasteiger partial charge in [-0.25, -0.2) is 0 Å². The Morgan fingerprint density at radius 2 is 0.619 bits per heavy atom. The summed E-state index contributed by atoms with van der Waals surface area (Å²) in [6.45, 7) is 4.23. The molecule has 1 saturated heterocycles. The summed E-state index contributed by atoms with van der Waals surface area (Å²) in [6, 6.07) is 56.8. The highest BCUT2D eigenvalue weighted by molar-refractivity contribution is 5.94. The molecule has 0 spiro atoms. The molecule has 1 heterocycles. The van der Waals surface area contributed by atoms with E-state index in [0.717, 1.165) is 13.1 Å². The first-order valence-corrected chi connectivity index (χ1v) is 14.8. The lowest BCUT2D eigenvalue weighted by Crippen LogP contribution is -2.37. The van der Waals surface area contributed by atoms with Crippen molar-refractivity contribution in [1.82, 2.24) is 0 Å². The molecule has 0 N–H and O–H groups in total. The molecule has 6 aromatic carbocycles. The Hall–Kier alpha value is -5.08. The maximum Gasteiger partial charge on any atom is 0.0989 e. The van der Waals surface area contributed by atoms with Crippen LogP contribution in [0.25, 0.3) is 44.5 Å². The largest absolute Gasteiger partial charge is 0.349 e. The molecule has 1 aliphatic rings. The molecule has 0 bridgehead atoms. The van der Waals surface area contributed by atoms with Crippen LogP contribution in [0.5, 0.6) is 0 Å². The maximum absolute atomic E-state index is 2.61. The number of anilines is 2. The molecule has 0 aliphatic carbocycles. The van der Waals surface area contributed by atoms with Crippen LogP contribution < -0.4 is 9.80 Å². The smallest absolute Gasteiger partial charge is 0.0989 e. The number of nitrogens with zero attached hydrogens (tertiary/aromatic N) is 2. The first-order chi connectivity index (χ1) is 20.8. The fourth-order valence-corrected chi connectivity index (χ4v) is 6.46. The second-order valence-electron chi connectivity index (χ2n) is 10.9. The van der Waals surface area contributed by atoms with Crippen LogP contribution in [0.2, 0.25) is 0 Å². The van der Waals surface area contributed by atoms with E-state index in [1.165, 1.54) is 55.9 Å². The van der Waals surface area contributed by atoms with Crippen LogP contribution in [0.4, 0.5) is 11.4 Å². The van der Waals surface area contributed by atoms with Crippen LogP contribution in [0.1, 0.15) is 6.92 Å². The number of hydrogen-bond donors (Lipinski definition) is 0. The minimum atomic E-state index is 0.143. The van der Waals surface area contributed by atoms with E-state index in [4.69, 9.17) is 0 Å². The molecule has 0 amide bonds. The minimum Gasteiger partial charge on any atom is -0.349 e. The van der Waals surface area contributed by atoms with E-state index in [2.05, 4.69) is 174 Å². The van der Waals surface area contributed by atoms with Crippen molar-refractivity contribution in [1.29, 1.82) is 0 Å². The average Bonchev–Trinajstić information content (AvgIpc) is 3.45. The van der Waals surface area contributed by atoms with Gasteiger partial charge < -0.3 is 9.80 Å². The van der Waals surface area contributed by atoms with Crippen molar-refractivity contribution in [2.75, 3.05) is 22.9 Å². The Kier molecular flexibility index (Phi) is 7.03. The van der Waals surface area contributed by atoms with Crippen molar-refractivity contribution in [3.63, 3.8) is 0 Å². The van der Waals surface area contributed by atoms with Crippen LogP contribution in [0, 0.1) is 0 Å². The quantitative estimate of drug-likeness (QED) is 0.207. The zero-order valence-corrected chi connectivity index (χ0v) is 23.9. The molecule has 0 radical (unpaired) electrons. The average molecular weight is 543 g/mol. The summed E-state index contributed by atoms with van der Waals surface area (Å²) in [6.07, 6.45) is 0.143. The third-order valence-corrected chi connectivity index (χ3v) is 8.47. The summed E-state index contributed by atoms with van der Waals surface area (Å²) >= 11 is 0. The molecule has 0 atom stereocenters. The normalized spacial score (nSPS) is 13.5. The highest BCUT2D eigenvalue weighted by Crippen LogP contribution is 2.46. The Labute approximate surface area is 249 Å². The van der Waals surface area contributed by atoms with Crippen LogP contribution in [0.3, 0.4) is 0 Å². The van der Waals surface area contributed by atoms with Crippen molar-refractivity contribution >= 4 is 11.4 Å². The van der Waals surface area contributed by atoms with E-state index in [1.54, 1.807) is 0 Å². The van der Waals surface area contributed by atoms with E-state index < -0.39 is 0 Å². The molecule has 0 saturated carbocycles. The summed E-state index contributed by atoms with van der Waals surface area (Å²) in [5, 5.41) is 0. The lowest BCUT2D eigenvalue weighted by molar-refractivity contribution is 0.735. The van der Waals surface area contributed by atoms with Crippen LogP contribution in [-0.4, -0.2) is 19.3 Å². The fourth-order valence-electron chi connectivity index (χ4n) is 6.46. The molecule has 0 aromatic heterocycles. The van der Waals surface area contributed by atoms with Gasteiger partial charge in [0.25, 0.3) is 0 Å². The monoisotopic (exact) mass is 542 g/mol. The Morgan fingerprint density at radius 1 is 0.357 bits per heavy atom. The van der Waals surface area contributed by atoms with Gasteiger partial charge in [-0.05, 0) is 29.2 Å². The van der Waals surface area contributed by atoms with Crippen LogP contribution in [0.15, 0.2) is 158 Å². The molecule has 6 aromatic rings. The van der Waals surface area contributed by atoms with Gasteiger partial charge in [0.1, 0.15) is 0 Å². The summed E-state index contributed by atoms with van der Waals surface area (Å²) in [4.78, 5) is 5.22. The lowest BCUT2D eigenvalue weighted by Gasteiger charge is -2.34. The summed E-state index contributed by atoms with van der Waals surface area (Å²) in [7, 11) is 0. The predicted octanol–water partition coefficient (Wildman–Crippen LogP) is 10.0.